The van der Waals surface area contributed by atoms with Gasteiger partial charge in [0.25, 0.3) is 0 Å². The first-order valence-electron chi connectivity index (χ1n) is 10.7. The summed E-state index contributed by atoms with van der Waals surface area (Å²) in [7, 11) is 0. The van der Waals surface area contributed by atoms with E-state index < -0.39 is 0 Å². The van der Waals surface area contributed by atoms with Gasteiger partial charge in [-0.1, -0.05) is 0 Å². The molecule has 2 amide bonds. The Morgan fingerprint density at radius 1 is 1.00 bits per heavy atom. The normalized spacial score (nSPS) is 13.6. The van der Waals surface area contributed by atoms with Crippen molar-refractivity contribution in [3.8, 4) is 5.75 Å². The summed E-state index contributed by atoms with van der Waals surface area (Å²) >= 11 is 0. The lowest BCUT2D eigenvalue weighted by molar-refractivity contribution is 0.208. The van der Waals surface area contributed by atoms with Crippen molar-refractivity contribution in [3.63, 3.8) is 0 Å². The SMILES string of the molecule is CCOc1ccc(NC(=O)N2CCN(c3cc(Nc4cc(C)ccn4)ncn3)CC2)cc1. The highest BCUT2D eigenvalue weighted by molar-refractivity contribution is 5.89. The molecule has 166 valence electrons. The molecular weight excluding hydrogens is 406 g/mol. The van der Waals surface area contributed by atoms with E-state index in [4.69, 9.17) is 4.74 Å². The van der Waals surface area contributed by atoms with E-state index in [0.29, 0.717) is 38.6 Å². The Bertz CT molecular complexity index is 1050. The second kappa shape index (κ2) is 9.95. The number of nitrogens with one attached hydrogen (secondary N) is 2. The second-order valence-corrected chi connectivity index (χ2v) is 7.47. The zero-order valence-electron chi connectivity index (χ0n) is 18.3. The van der Waals surface area contributed by atoms with E-state index in [-0.39, 0.29) is 6.03 Å². The topological polar surface area (TPSA) is 95.5 Å². The van der Waals surface area contributed by atoms with Gasteiger partial charge in [0.15, 0.2) is 0 Å². The number of carbonyl (C=O) groups excluding carboxylic acids is 1. The smallest absolute Gasteiger partial charge is 0.321 e. The number of ether oxygens (including phenoxy) is 1. The van der Waals surface area contributed by atoms with Crippen LogP contribution in [0.5, 0.6) is 5.75 Å². The van der Waals surface area contributed by atoms with Crippen LogP contribution in [0.2, 0.25) is 0 Å². The first kappa shape index (κ1) is 21.4. The number of aryl methyl sites for hydroxylation is 1. The molecule has 1 aliphatic heterocycles. The van der Waals surface area contributed by atoms with Crippen LogP contribution in [0.1, 0.15) is 12.5 Å². The van der Waals surface area contributed by atoms with Crippen molar-refractivity contribution in [2.45, 2.75) is 13.8 Å². The summed E-state index contributed by atoms with van der Waals surface area (Å²) in [4.78, 5) is 29.6. The van der Waals surface area contributed by atoms with Crippen LogP contribution in [0.15, 0.2) is 55.0 Å². The molecule has 2 N–H and O–H groups in total. The van der Waals surface area contributed by atoms with E-state index in [1.165, 1.54) is 0 Å². The zero-order valence-corrected chi connectivity index (χ0v) is 18.3. The van der Waals surface area contributed by atoms with E-state index >= 15 is 0 Å². The molecule has 9 nitrogen and oxygen atoms in total. The number of hydrogen-bond donors (Lipinski definition) is 2. The minimum Gasteiger partial charge on any atom is -0.494 e. The number of pyridine rings is 1. The van der Waals surface area contributed by atoms with Crippen LogP contribution in [-0.4, -0.2) is 58.7 Å². The van der Waals surface area contributed by atoms with Gasteiger partial charge in [-0.15, -0.1) is 0 Å². The molecule has 3 heterocycles. The molecule has 0 spiro atoms. The van der Waals surface area contributed by atoms with Crippen LogP contribution in [-0.2, 0) is 0 Å². The lowest BCUT2D eigenvalue weighted by atomic mass is 10.3. The number of benzene rings is 1. The first-order valence-corrected chi connectivity index (χ1v) is 10.7. The number of piperazine rings is 1. The van der Waals surface area contributed by atoms with Crippen molar-refractivity contribution < 1.29 is 9.53 Å². The minimum atomic E-state index is -0.107. The summed E-state index contributed by atoms with van der Waals surface area (Å²) in [5.74, 6) is 3.03. The molecular formula is C23H27N7O2. The monoisotopic (exact) mass is 433 g/mol. The van der Waals surface area contributed by atoms with Gasteiger partial charge >= 0.3 is 6.03 Å². The van der Waals surface area contributed by atoms with E-state index in [1.54, 1.807) is 12.5 Å². The van der Waals surface area contributed by atoms with E-state index in [1.807, 2.05) is 61.2 Å². The number of carbonyl (C=O) groups is 1. The predicted octanol–water partition coefficient (Wildman–Crippen LogP) is 3.68. The summed E-state index contributed by atoms with van der Waals surface area (Å²) in [6.45, 7) is 7.16. The molecule has 32 heavy (non-hydrogen) atoms. The summed E-state index contributed by atoms with van der Waals surface area (Å²) in [5, 5.41) is 6.16. The van der Waals surface area contributed by atoms with Crippen molar-refractivity contribution in [2.75, 3.05) is 48.3 Å². The van der Waals surface area contributed by atoms with Crippen molar-refractivity contribution in [1.82, 2.24) is 19.9 Å². The number of nitrogens with zero attached hydrogens (tertiary/aromatic N) is 5. The standard InChI is InChI=1S/C23H27N7O2/c1-3-32-19-6-4-18(5-7-19)27-23(31)30-12-10-29(11-13-30)22-15-21(25-16-26-22)28-20-14-17(2)8-9-24-20/h4-9,14-16H,3,10-13H2,1-2H3,(H,27,31)(H,24,25,26,28). The fraction of sp³-hybridized carbons (Fsp3) is 0.304. The fourth-order valence-corrected chi connectivity index (χ4v) is 3.47. The predicted molar refractivity (Wildman–Crippen MR) is 125 cm³/mol. The molecule has 1 fully saturated rings. The van der Waals surface area contributed by atoms with Crippen LogP contribution in [0.4, 0.5) is 27.9 Å². The maximum atomic E-state index is 12.6. The molecule has 1 aliphatic rings. The van der Waals surface area contributed by atoms with Gasteiger partial charge in [0, 0.05) is 44.1 Å². The van der Waals surface area contributed by atoms with Gasteiger partial charge in [0.2, 0.25) is 0 Å². The Morgan fingerprint density at radius 2 is 1.75 bits per heavy atom. The largest absolute Gasteiger partial charge is 0.494 e. The number of amides is 2. The van der Waals surface area contributed by atoms with Gasteiger partial charge < -0.3 is 25.2 Å². The maximum Gasteiger partial charge on any atom is 0.321 e. The highest BCUT2D eigenvalue weighted by Crippen LogP contribution is 2.20. The maximum absolute atomic E-state index is 12.6. The lowest BCUT2D eigenvalue weighted by Gasteiger charge is -2.35. The summed E-state index contributed by atoms with van der Waals surface area (Å²) in [5.41, 5.74) is 1.87. The third kappa shape index (κ3) is 5.42. The van der Waals surface area contributed by atoms with Crippen molar-refractivity contribution >= 4 is 29.2 Å². The second-order valence-electron chi connectivity index (χ2n) is 7.47. The first-order chi connectivity index (χ1) is 15.6. The highest BCUT2D eigenvalue weighted by atomic mass is 16.5. The third-order valence-electron chi connectivity index (χ3n) is 5.13. The zero-order chi connectivity index (χ0) is 22.3. The Morgan fingerprint density at radius 3 is 2.47 bits per heavy atom. The van der Waals surface area contributed by atoms with Crippen LogP contribution < -0.4 is 20.3 Å². The van der Waals surface area contributed by atoms with Crippen molar-refractivity contribution in [2.24, 2.45) is 0 Å². The van der Waals surface area contributed by atoms with Gasteiger partial charge in [-0.25, -0.2) is 19.7 Å². The van der Waals surface area contributed by atoms with Crippen molar-refractivity contribution in [1.29, 1.82) is 0 Å². The molecule has 0 saturated carbocycles. The van der Waals surface area contributed by atoms with Crippen LogP contribution in [0.3, 0.4) is 0 Å². The van der Waals surface area contributed by atoms with Crippen LogP contribution >= 0.6 is 0 Å². The molecule has 1 aromatic carbocycles. The Kier molecular flexibility index (Phi) is 6.64. The molecule has 1 saturated heterocycles. The van der Waals surface area contributed by atoms with E-state index in [0.717, 1.165) is 28.6 Å². The van der Waals surface area contributed by atoms with Gasteiger partial charge in [0.1, 0.15) is 29.5 Å². The molecule has 2 aromatic heterocycles. The van der Waals surface area contributed by atoms with Crippen LogP contribution in [0, 0.1) is 6.92 Å². The molecule has 0 unspecified atom stereocenters. The van der Waals surface area contributed by atoms with Crippen LogP contribution in [0.25, 0.3) is 0 Å². The summed E-state index contributed by atoms with van der Waals surface area (Å²) < 4.78 is 5.44. The van der Waals surface area contributed by atoms with E-state index in [2.05, 4.69) is 30.5 Å². The van der Waals surface area contributed by atoms with Gasteiger partial charge in [-0.3, -0.25) is 0 Å². The third-order valence-corrected chi connectivity index (χ3v) is 5.13. The average Bonchev–Trinajstić information content (AvgIpc) is 2.81. The minimum absolute atomic E-state index is 0.107. The van der Waals surface area contributed by atoms with E-state index in [9.17, 15) is 4.79 Å². The van der Waals surface area contributed by atoms with Gasteiger partial charge in [-0.05, 0) is 55.8 Å². The van der Waals surface area contributed by atoms with Crippen molar-refractivity contribution in [3.05, 3.63) is 60.6 Å². The summed E-state index contributed by atoms with van der Waals surface area (Å²) in [6, 6.07) is 13.1. The quantitative estimate of drug-likeness (QED) is 0.612. The number of anilines is 4. The molecule has 0 atom stereocenters. The molecule has 0 bridgehead atoms. The molecule has 0 aliphatic carbocycles. The molecule has 4 rings (SSSR count). The fourth-order valence-electron chi connectivity index (χ4n) is 3.47. The number of aromatic nitrogens is 3. The van der Waals surface area contributed by atoms with Gasteiger partial charge in [0.05, 0.1) is 6.61 Å². The number of urea groups is 1. The molecule has 3 aromatic rings. The molecule has 0 radical (unpaired) electrons. The molecule has 9 heteroatoms. The lowest BCUT2D eigenvalue weighted by Crippen LogP contribution is -2.50. The van der Waals surface area contributed by atoms with Gasteiger partial charge in [-0.2, -0.15) is 0 Å². The summed E-state index contributed by atoms with van der Waals surface area (Å²) in [6.07, 6.45) is 3.30. The number of rotatable bonds is 6. The Hall–Kier alpha value is -3.88. The Balaban J connectivity index is 1.31. The highest BCUT2D eigenvalue weighted by Gasteiger charge is 2.22. The average molecular weight is 434 g/mol. The Labute approximate surface area is 187 Å². The number of hydrogen-bond acceptors (Lipinski definition) is 7.